The maximum atomic E-state index is 13.0. The minimum Gasteiger partial charge on any atom is -0.463 e. The largest absolute Gasteiger partial charge is 0.463 e. The Morgan fingerprint density at radius 2 is 1.92 bits per heavy atom. The molecule has 0 fully saturated rings. The molecular weight excluding hydrogens is 332 g/mol. The van der Waals surface area contributed by atoms with Gasteiger partial charge < -0.3 is 9.64 Å². The summed E-state index contributed by atoms with van der Waals surface area (Å²) in [6, 6.07) is 10.5. The Bertz CT molecular complexity index is 929. The Morgan fingerprint density at radius 1 is 1.19 bits per heavy atom. The first kappa shape index (κ1) is 17.7. The second-order valence-electron chi connectivity index (χ2n) is 6.00. The van der Waals surface area contributed by atoms with Crippen molar-refractivity contribution in [1.82, 2.24) is 4.57 Å². The molecular formula is C20H20N2O4. The fraction of sp³-hybridized carbons (Fsp3) is 0.250. The third-order valence-corrected chi connectivity index (χ3v) is 4.28. The Balaban J connectivity index is 2.10. The maximum absolute atomic E-state index is 13.0. The zero-order valence-electron chi connectivity index (χ0n) is 14.8. The van der Waals surface area contributed by atoms with E-state index in [1.165, 1.54) is 12.2 Å². The summed E-state index contributed by atoms with van der Waals surface area (Å²) in [6.45, 7) is 3.12. The van der Waals surface area contributed by atoms with Gasteiger partial charge in [-0.25, -0.2) is 4.79 Å². The highest BCUT2D eigenvalue weighted by molar-refractivity contribution is 6.12. The van der Waals surface area contributed by atoms with E-state index in [1.807, 2.05) is 18.0 Å². The van der Waals surface area contributed by atoms with Crippen molar-refractivity contribution >= 4 is 23.6 Å². The average molecular weight is 352 g/mol. The van der Waals surface area contributed by atoms with Gasteiger partial charge in [0.2, 0.25) is 0 Å². The number of benzene rings is 1. The normalized spacial score (nSPS) is 13.1. The number of likely N-dealkylation sites (N-methyl/N-ethyl adjacent to an activating group) is 1. The molecule has 3 rings (SSSR count). The van der Waals surface area contributed by atoms with E-state index < -0.39 is 5.97 Å². The first-order chi connectivity index (χ1) is 12.5. The van der Waals surface area contributed by atoms with Gasteiger partial charge in [0.05, 0.1) is 12.2 Å². The molecule has 0 spiro atoms. The Labute approximate surface area is 151 Å². The average Bonchev–Trinajstić information content (AvgIpc) is 3.04. The lowest BCUT2D eigenvalue weighted by Crippen LogP contribution is -2.24. The summed E-state index contributed by atoms with van der Waals surface area (Å²) in [4.78, 5) is 39.2. The van der Waals surface area contributed by atoms with E-state index in [0.717, 1.165) is 0 Å². The van der Waals surface area contributed by atoms with Crippen LogP contribution in [-0.2, 0) is 16.1 Å². The van der Waals surface area contributed by atoms with Crippen molar-refractivity contribution in [2.45, 2.75) is 13.5 Å². The number of hydrogen-bond acceptors (Lipinski definition) is 5. The lowest BCUT2D eigenvalue weighted by molar-refractivity contribution is -0.137. The second kappa shape index (κ2) is 7.39. The number of pyridine rings is 1. The number of aromatic nitrogens is 1. The molecule has 1 aliphatic heterocycles. The minimum absolute atomic E-state index is 0.158. The fourth-order valence-electron chi connectivity index (χ4n) is 3.03. The first-order valence-electron chi connectivity index (χ1n) is 8.46. The highest BCUT2D eigenvalue weighted by Gasteiger charge is 2.26. The molecule has 0 aliphatic carbocycles. The number of carbonyl (C=O) groups excluding carboxylic acids is 2. The molecule has 134 valence electrons. The number of nitrogens with zero attached hydrogens (tertiary/aromatic N) is 2. The van der Waals surface area contributed by atoms with Gasteiger partial charge in [-0.1, -0.05) is 30.3 Å². The molecule has 0 radical (unpaired) electrons. The molecule has 0 bridgehead atoms. The highest BCUT2D eigenvalue weighted by Crippen LogP contribution is 2.26. The predicted molar refractivity (Wildman–Crippen MR) is 99.5 cm³/mol. The first-order valence-corrected chi connectivity index (χ1v) is 8.46. The van der Waals surface area contributed by atoms with E-state index in [1.54, 1.807) is 41.8 Å². The molecule has 0 N–H and O–H groups in total. The van der Waals surface area contributed by atoms with Crippen LogP contribution >= 0.6 is 0 Å². The van der Waals surface area contributed by atoms with Crippen molar-refractivity contribution in [2.24, 2.45) is 0 Å². The van der Waals surface area contributed by atoms with Crippen LogP contribution in [0, 0.1) is 0 Å². The number of hydrogen-bond donors (Lipinski definition) is 0. The summed E-state index contributed by atoms with van der Waals surface area (Å²) in [5.74, 6) is -0.0727. The van der Waals surface area contributed by atoms with Crippen LogP contribution in [0.3, 0.4) is 0 Å². The summed E-state index contributed by atoms with van der Waals surface area (Å²) in [5.41, 5.74) is 1.06. The van der Waals surface area contributed by atoms with Crippen LogP contribution in [0.2, 0.25) is 0 Å². The Morgan fingerprint density at radius 3 is 2.62 bits per heavy atom. The molecule has 2 aromatic rings. The third kappa shape index (κ3) is 3.31. The summed E-state index contributed by atoms with van der Waals surface area (Å²) in [7, 11) is 1.86. The molecule has 0 saturated heterocycles. The van der Waals surface area contributed by atoms with Crippen molar-refractivity contribution in [1.29, 1.82) is 0 Å². The number of ether oxygens (including phenoxy) is 1. The number of anilines is 1. The van der Waals surface area contributed by atoms with Gasteiger partial charge in [-0.15, -0.1) is 0 Å². The van der Waals surface area contributed by atoms with E-state index in [-0.39, 0.29) is 23.5 Å². The standard InChI is InChI=1S/C20H20N2O4/c1-3-26-17(23)10-9-15-13-16(18(24)14-7-5-4-6-8-14)19-21(2)11-12-22(19)20(15)25/h4-10,13H,3,11-12H2,1-2H3/b10-9+. The number of carbonyl (C=O) groups is 2. The minimum atomic E-state index is -0.523. The van der Waals surface area contributed by atoms with Crippen molar-refractivity contribution in [3.05, 3.63) is 69.5 Å². The van der Waals surface area contributed by atoms with Gasteiger partial charge in [-0.3, -0.25) is 14.2 Å². The lowest BCUT2D eigenvalue weighted by atomic mass is 10.0. The molecule has 0 amide bonds. The van der Waals surface area contributed by atoms with Crippen molar-refractivity contribution in [3.8, 4) is 0 Å². The topological polar surface area (TPSA) is 68.6 Å². The van der Waals surface area contributed by atoms with Crippen LogP contribution in [0.1, 0.15) is 28.4 Å². The van der Waals surface area contributed by atoms with Crippen LogP contribution in [0.15, 0.2) is 47.3 Å². The summed E-state index contributed by atoms with van der Waals surface area (Å²) in [6.07, 6.45) is 2.62. The summed E-state index contributed by atoms with van der Waals surface area (Å²) in [5, 5.41) is 0. The molecule has 2 heterocycles. The highest BCUT2D eigenvalue weighted by atomic mass is 16.5. The van der Waals surface area contributed by atoms with Crippen LogP contribution in [0.25, 0.3) is 6.08 Å². The quantitative estimate of drug-likeness (QED) is 0.468. The molecule has 1 aromatic heterocycles. The zero-order valence-corrected chi connectivity index (χ0v) is 14.8. The van der Waals surface area contributed by atoms with E-state index in [4.69, 9.17) is 4.74 Å². The molecule has 1 aromatic carbocycles. The van der Waals surface area contributed by atoms with Gasteiger partial charge in [0, 0.05) is 37.3 Å². The SMILES string of the molecule is CCOC(=O)/C=C/c1cc(C(=O)c2ccccc2)c2n(c1=O)CCN2C. The fourth-order valence-corrected chi connectivity index (χ4v) is 3.03. The van der Waals surface area contributed by atoms with Crippen LogP contribution in [-0.4, -0.2) is 36.5 Å². The number of esters is 1. The second-order valence-corrected chi connectivity index (χ2v) is 6.00. The maximum Gasteiger partial charge on any atom is 0.330 e. The van der Waals surface area contributed by atoms with E-state index in [0.29, 0.717) is 30.0 Å². The van der Waals surface area contributed by atoms with Crippen molar-refractivity contribution < 1.29 is 14.3 Å². The third-order valence-electron chi connectivity index (χ3n) is 4.28. The lowest BCUT2D eigenvalue weighted by Gasteiger charge is -2.16. The molecule has 0 atom stereocenters. The summed E-state index contributed by atoms with van der Waals surface area (Å²) >= 11 is 0. The number of rotatable bonds is 5. The molecule has 0 saturated carbocycles. The van der Waals surface area contributed by atoms with Gasteiger partial charge in [0.1, 0.15) is 5.82 Å². The van der Waals surface area contributed by atoms with Gasteiger partial charge in [0.25, 0.3) is 5.56 Å². The predicted octanol–water partition coefficient (Wildman–Crippen LogP) is 2.11. The monoisotopic (exact) mass is 352 g/mol. The number of fused-ring (bicyclic) bond motifs is 1. The number of ketones is 1. The van der Waals surface area contributed by atoms with E-state index in [9.17, 15) is 14.4 Å². The van der Waals surface area contributed by atoms with Gasteiger partial charge >= 0.3 is 5.97 Å². The van der Waals surface area contributed by atoms with Crippen LogP contribution < -0.4 is 10.5 Å². The van der Waals surface area contributed by atoms with Gasteiger partial charge in [-0.2, -0.15) is 0 Å². The summed E-state index contributed by atoms with van der Waals surface area (Å²) < 4.78 is 6.43. The molecule has 0 unspecified atom stereocenters. The molecule has 6 nitrogen and oxygen atoms in total. The zero-order chi connectivity index (χ0) is 18.7. The van der Waals surface area contributed by atoms with Gasteiger partial charge in [0.15, 0.2) is 5.78 Å². The van der Waals surface area contributed by atoms with Crippen LogP contribution in [0.5, 0.6) is 0 Å². The Hall–Kier alpha value is -3.15. The molecule has 6 heteroatoms. The smallest absolute Gasteiger partial charge is 0.330 e. The Kier molecular flexibility index (Phi) is 5.02. The molecule has 1 aliphatic rings. The molecule has 26 heavy (non-hydrogen) atoms. The van der Waals surface area contributed by atoms with Crippen molar-refractivity contribution in [2.75, 3.05) is 25.1 Å². The van der Waals surface area contributed by atoms with E-state index in [2.05, 4.69) is 0 Å². The van der Waals surface area contributed by atoms with Crippen LogP contribution in [0.4, 0.5) is 5.82 Å². The van der Waals surface area contributed by atoms with Crippen molar-refractivity contribution in [3.63, 3.8) is 0 Å². The van der Waals surface area contributed by atoms with Gasteiger partial charge in [-0.05, 0) is 19.1 Å². The van der Waals surface area contributed by atoms with E-state index >= 15 is 0 Å².